The summed E-state index contributed by atoms with van der Waals surface area (Å²) in [6, 6.07) is 38.8. The Morgan fingerprint density at radius 2 is 1.35 bits per heavy atom. The van der Waals surface area contributed by atoms with Gasteiger partial charge < -0.3 is 4.74 Å². The molecular formula is C31H24N4O2. The number of hydrogen-bond acceptors (Lipinski definition) is 5. The maximum absolute atomic E-state index is 10.6. The lowest BCUT2D eigenvalue weighted by molar-refractivity contribution is -0.104. The van der Waals surface area contributed by atoms with Crippen LogP contribution in [0, 0.1) is 0 Å². The van der Waals surface area contributed by atoms with E-state index in [-0.39, 0.29) is 12.2 Å². The molecule has 6 heteroatoms. The number of epoxide rings is 1. The van der Waals surface area contributed by atoms with Crippen LogP contribution in [0.2, 0.25) is 0 Å². The normalized spacial score (nSPS) is 17.1. The summed E-state index contributed by atoms with van der Waals surface area (Å²) in [6.07, 6.45) is 3.83. The van der Waals surface area contributed by atoms with Crippen LogP contribution in [0.5, 0.6) is 0 Å². The summed E-state index contributed by atoms with van der Waals surface area (Å²) in [7, 11) is 0. The highest BCUT2D eigenvalue weighted by molar-refractivity contribution is 5.65. The minimum atomic E-state index is -0.822. The lowest BCUT2D eigenvalue weighted by atomic mass is 9.77. The molecule has 1 aliphatic heterocycles. The fraction of sp³-hybridized carbons (Fsp3) is 0.0968. The van der Waals surface area contributed by atoms with Gasteiger partial charge in [-0.1, -0.05) is 109 Å². The molecule has 0 N–H and O–H groups in total. The molecule has 180 valence electrons. The largest absolute Gasteiger partial charge is 0.360 e. The summed E-state index contributed by atoms with van der Waals surface area (Å²) in [6.45, 7) is 0. The molecule has 0 spiro atoms. The Morgan fingerprint density at radius 3 is 1.92 bits per heavy atom. The third kappa shape index (κ3) is 4.17. The zero-order valence-electron chi connectivity index (χ0n) is 20.0. The molecule has 1 saturated heterocycles. The van der Waals surface area contributed by atoms with Crippen molar-refractivity contribution in [1.29, 1.82) is 0 Å². The summed E-state index contributed by atoms with van der Waals surface area (Å²) < 4.78 is 5.72. The molecular weight excluding hydrogens is 460 g/mol. The number of benzene rings is 4. The maximum atomic E-state index is 10.6. The standard InChI is InChI=1S/C31H24N4O2/c36-21-11-20-28-29(37-28)23-12-10-13-24(22-23)30-32-34-35(33-30)31(25-14-4-1-5-15-25,26-16-6-2-7-17-26)27-18-8-3-9-19-27/h1-22,28-29H/b20-11+. The van der Waals surface area contributed by atoms with Gasteiger partial charge in [0.15, 0.2) is 5.54 Å². The average molecular weight is 485 g/mol. The van der Waals surface area contributed by atoms with Crippen LogP contribution in [0.15, 0.2) is 127 Å². The molecule has 2 atom stereocenters. The summed E-state index contributed by atoms with van der Waals surface area (Å²) in [5.41, 5.74) is 4.12. The second-order valence-electron chi connectivity index (χ2n) is 8.88. The third-order valence-corrected chi connectivity index (χ3v) is 6.67. The van der Waals surface area contributed by atoms with E-state index in [0.717, 1.165) is 34.1 Å². The molecule has 0 radical (unpaired) electrons. The van der Waals surface area contributed by atoms with Gasteiger partial charge in [-0.25, -0.2) is 0 Å². The van der Waals surface area contributed by atoms with Crippen LogP contribution in [-0.2, 0) is 15.1 Å². The van der Waals surface area contributed by atoms with Crippen molar-refractivity contribution in [2.45, 2.75) is 17.7 Å². The Labute approximate surface area is 214 Å². The van der Waals surface area contributed by atoms with Crippen molar-refractivity contribution in [3.63, 3.8) is 0 Å². The number of ether oxygens (including phenoxy) is 1. The van der Waals surface area contributed by atoms with Crippen LogP contribution in [0.25, 0.3) is 11.4 Å². The quantitative estimate of drug-likeness (QED) is 0.128. The summed E-state index contributed by atoms with van der Waals surface area (Å²) in [5.74, 6) is 0.523. The van der Waals surface area contributed by atoms with Crippen LogP contribution in [0.1, 0.15) is 28.4 Å². The van der Waals surface area contributed by atoms with Gasteiger partial charge in [-0.05, 0) is 45.7 Å². The molecule has 37 heavy (non-hydrogen) atoms. The van der Waals surface area contributed by atoms with Gasteiger partial charge >= 0.3 is 0 Å². The number of allylic oxidation sites excluding steroid dienone is 1. The van der Waals surface area contributed by atoms with Crippen molar-refractivity contribution in [1.82, 2.24) is 20.2 Å². The monoisotopic (exact) mass is 484 g/mol. The summed E-state index contributed by atoms with van der Waals surface area (Å²) >= 11 is 0. The molecule has 4 aromatic carbocycles. The number of tetrazole rings is 1. The van der Waals surface area contributed by atoms with Crippen molar-refractivity contribution < 1.29 is 9.53 Å². The molecule has 1 aromatic heterocycles. The highest BCUT2D eigenvalue weighted by Crippen LogP contribution is 2.41. The number of aldehydes is 1. The van der Waals surface area contributed by atoms with Crippen LogP contribution in [0.4, 0.5) is 0 Å². The average Bonchev–Trinajstić information content (AvgIpc) is 3.59. The number of carbonyl (C=O) groups is 1. The Hall–Kier alpha value is -4.68. The first-order valence-corrected chi connectivity index (χ1v) is 12.2. The summed E-state index contributed by atoms with van der Waals surface area (Å²) in [4.78, 5) is 12.4. The highest BCUT2D eigenvalue weighted by Gasteiger charge is 2.41. The molecule has 6 nitrogen and oxygen atoms in total. The topological polar surface area (TPSA) is 73.2 Å². The van der Waals surface area contributed by atoms with Gasteiger partial charge in [-0.3, -0.25) is 4.79 Å². The lowest BCUT2D eigenvalue weighted by Gasteiger charge is -2.34. The van der Waals surface area contributed by atoms with Crippen molar-refractivity contribution in [3.8, 4) is 11.4 Å². The van der Waals surface area contributed by atoms with Gasteiger partial charge in [-0.15, -0.1) is 15.0 Å². The molecule has 6 rings (SSSR count). The second-order valence-corrected chi connectivity index (χ2v) is 8.88. The molecule has 0 amide bonds. The maximum Gasteiger partial charge on any atom is 0.204 e. The SMILES string of the molecule is O=C/C=C/C1OC1c1cccc(-c2nnn(C(c3ccccc3)(c3ccccc3)c3ccccc3)n2)c1. The Balaban J connectivity index is 1.48. The number of aromatic nitrogens is 4. The molecule has 1 fully saturated rings. The van der Waals surface area contributed by atoms with Gasteiger partial charge in [0.05, 0.1) is 0 Å². The van der Waals surface area contributed by atoms with E-state index in [0.29, 0.717) is 5.82 Å². The van der Waals surface area contributed by atoms with Gasteiger partial charge in [0.25, 0.3) is 0 Å². The number of nitrogens with zero attached hydrogens (tertiary/aromatic N) is 4. The Morgan fingerprint density at radius 1 is 0.757 bits per heavy atom. The summed E-state index contributed by atoms with van der Waals surface area (Å²) in [5, 5.41) is 14.1. The molecule has 2 heterocycles. The van der Waals surface area contributed by atoms with Gasteiger partial charge in [0.2, 0.25) is 5.82 Å². The molecule has 0 saturated carbocycles. The van der Waals surface area contributed by atoms with E-state index in [9.17, 15) is 4.79 Å². The van der Waals surface area contributed by atoms with E-state index in [1.165, 1.54) is 6.08 Å². The lowest BCUT2D eigenvalue weighted by Crippen LogP contribution is -2.39. The first-order chi connectivity index (χ1) is 18.3. The number of rotatable bonds is 8. The zero-order valence-corrected chi connectivity index (χ0v) is 20.0. The van der Waals surface area contributed by atoms with Crippen LogP contribution >= 0.6 is 0 Å². The number of hydrogen-bond donors (Lipinski definition) is 0. The van der Waals surface area contributed by atoms with Crippen molar-refractivity contribution in [2.75, 3.05) is 0 Å². The minimum absolute atomic E-state index is 0.0803. The van der Waals surface area contributed by atoms with Crippen molar-refractivity contribution in [3.05, 3.63) is 150 Å². The minimum Gasteiger partial charge on any atom is -0.360 e. The predicted molar refractivity (Wildman–Crippen MR) is 141 cm³/mol. The van der Waals surface area contributed by atoms with Crippen LogP contribution in [0.3, 0.4) is 0 Å². The molecule has 0 bridgehead atoms. The fourth-order valence-electron chi connectivity index (χ4n) is 4.90. The van der Waals surface area contributed by atoms with E-state index >= 15 is 0 Å². The highest BCUT2D eigenvalue weighted by atomic mass is 16.6. The van der Waals surface area contributed by atoms with Crippen molar-refractivity contribution in [2.24, 2.45) is 0 Å². The fourth-order valence-corrected chi connectivity index (χ4v) is 4.90. The van der Waals surface area contributed by atoms with Gasteiger partial charge in [-0.2, -0.15) is 0 Å². The van der Waals surface area contributed by atoms with Gasteiger partial charge in [0.1, 0.15) is 18.5 Å². The third-order valence-electron chi connectivity index (χ3n) is 6.67. The second kappa shape index (κ2) is 9.76. The molecule has 2 unspecified atom stereocenters. The van der Waals surface area contributed by atoms with E-state index in [1.54, 1.807) is 10.9 Å². The van der Waals surface area contributed by atoms with Crippen LogP contribution in [-0.4, -0.2) is 32.6 Å². The van der Waals surface area contributed by atoms with E-state index in [1.807, 2.05) is 78.9 Å². The Kier molecular flexibility index (Phi) is 6.00. The molecule has 0 aliphatic carbocycles. The Bertz CT molecular complexity index is 1430. The first-order valence-electron chi connectivity index (χ1n) is 12.2. The number of carbonyl (C=O) groups excluding carboxylic acids is 1. The molecule has 5 aromatic rings. The smallest absolute Gasteiger partial charge is 0.204 e. The van der Waals surface area contributed by atoms with E-state index < -0.39 is 5.54 Å². The van der Waals surface area contributed by atoms with Crippen LogP contribution < -0.4 is 0 Å². The first kappa shape index (κ1) is 22.8. The van der Waals surface area contributed by atoms with E-state index in [2.05, 4.69) is 46.7 Å². The van der Waals surface area contributed by atoms with Crippen molar-refractivity contribution >= 4 is 6.29 Å². The molecule has 1 aliphatic rings. The predicted octanol–water partition coefficient (Wildman–Crippen LogP) is 5.38. The van der Waals surface area contributed by atoms with E-state index in [4.69, 9.17) is 9.84 Å². The van der Waals surface area contributed by atoms with Gasteiger partial charge in [0, 0.05) is 5.56 Å². The zero-order chi connectivity index (χ0) is 25.1.